The van der Waals surface area contributed by atoms with Gasteiger partial charge in [0.2, 0.25) is 5.88 Å². The highest BCUT2D eigenvalue weighted by Crippen LogP contribution is 2.35. The molecule has 4 rings (SSSR count). The van der Waals surface area contributed by atoms with Gasteiger partial charge in [-0.15, -0.1) is 0 Å². The average molecular weight is 321 g/mol. The van der Waals surface area contributed by atoms with Gasteiger partial charge in [-0.3, -0.25) is 9.69 Å². The first-order chi connectivity index (χ1) is 11.0. The van der Waals surface area contributed by atoms with Crippen LogP contribution < -0.4 is 4.74 Å². The minimum Gasteiger partial charge on any atom is -0.479 e. The summed E-state index contributed by atoms with van der Waals surface area (Å²) in [4.78, 5) is 20.9. The molecule has 0 radical (unpaired) electrons. The van der Waals surface area contributed by atoms with Crippen LogP contribution in [0.15, 0.2) is 12.3 Å². The standard InChI is InChI=1S/C17H24FN3O2/c1-4-5-11(2)20-9-13-7-14(10-20)21(13)17(22)12-6-15(18)16(23-3)19-8-12/h6,8,11,13-14H,4-5,7,9-10H2,1-3H3. The molecule has 0 N–H and O–H groups in total. The summed E-state index contributed by atoms with van der Waals surface area (Å²) in [6.45, 7) is 6.27. The number of pyridine rings is 1. The van der Waals surface area contributed by atoms with Crippen LogP contribution in [0.25, 0.3) is 0 Å². The zero-order valence-corrected chi connectivity index (χ0v) is 14.0. The molecule has 23 heavy (non-hydrogen) atoms. The Morgan fingerprint density at radius 2 is 2.17 bits per heavy atom. The number of piperazine rings is 1. The van der Waals surface area contributed by atoms with Crippen LogP contribution in [0.2, 0.25) is 0 Å². The first-order valence-corrected chi connectivity index (χ1v) is 8.31. The van der Waals surface area contributed by atoms with E-state index >= 15 is 0 Å². The quantitative estimate of drug-likeness (QED) is 0.835. The molecule has 3 atom stereocenters. The summed E-state index contributed by atoms with van der Waals surface area (Å²) in [6.07, 6.45) is 4.80. The number of piperidine rings is 1. The van der Waals surface area contributed by atoms with Crippen molar-refractivity contribution < 1.29 is 13.9 Å². The van der Waals surface area contributed by atoms with Gasteiger partial charge >= 0.3 is 0 Å². The second-order valence-electron chi connectivity index (χ2n) is 6.56. The van der Waals surface area contributed by atoms with Crippen molar-refractivity contribution in [1.82, 2.24) is 14.8 Å². The predicted molar refractivity (Wildman–Crippen MR) is 85.1 cm³/mol. The number of carbonyl (C=O) groups is 1. The van der Waals surface area contributed by atoms with E-state index in [9.17, 15) is 9.18 Å². The van der Waals surface area contributed by atoms with E-state index in [0.29, 0.717) is 11.6 Å². The lowest BCUT2D eigenvalue weighted by molar-refractivity contribution is -0.0593. The van der Waals surface area contributed by atoms with Crippen LogP contribution in [0.5, 0.6) is 5.88 Å². The summed E-state index contributed by atoms with van der Waals surface area (Å²) in [5.41, 5.74) is 0.299. The Morgan fingerprint density at radius 1 is 1.48 bits per heavy atom. The molecule has 3 unspecified atom stereocenters. The number of halogens is 1. The van der Waals surface area contributed by atoms with Crippen LogP contribution in [-0.4, -0.2) is 59.0 Å². The summed E-state index contributed by atoms with van der Waals surface area (Å²) in [5, 5.41) is 0. The zero-order valence-electron chi connectivity index (χ0n) is 14.0. The fourth-order valence-corrected chi connectivity index (χ4v) is 3.78. The van der Waals surface area contributed by atoms with E-state index in [2.05, 4.69) is 23.7 Å². The first-order valence-electron chi connectivity index (χ1n) is 8.31. The van der Waals surface area contributed by atoms with Crippen LogP contribution in [0.4, 0.5) is 4.39 Å². The molecule has 6 heteroatoms. The Hall–Kier alpha value is -1.69. The van der Waals surface area contributed by atoms with Crippen molar-refractivity contribution in [3.05, 3.63) is 23.6 Å². The van der Waals surface area contributed by atoms with Crippen molar-refractivity contribution in [3.8, 4) is 5.88 Å². The van der Waals surface area contributed by atoms with Crippen LogP contribution in [0.3, 0.4) is 0 Å². The van der Waals surface area contributed by atoms with Gasteiger partial charge in [-0.25, -0.2) is 9.37 Å². The maximum atomic E-state index is 13.8. The third-order valence-electron chi connectivity index (χ3n) is 5.03. The molecule has 3 fully saturated rings. The molecule has 4 heterocycles. The molecule has 3 aliphatic rings. The second kappa shape index (κ2) is 6.43. The second-order valence-corrected chi connectivity index (χ2v) is 6.56. The molecule has 0 saturated carbocycles. The summed E-state index contributed by atoms with van der Waals surface area (Å²) in [6, 6.07) is 2.26. The number of methoxy groups -OCH3 is 1. The van der Waals surface area contributed by atoms with Crippen molar-refractivity contribution in [1.29, 1.82) is 0 Å². The number of hydrogen-bond acceptors (Lipinski definition) is 4. The van der Waals surface area contributed by atoms with E-state index in [0.717, 1.165) is 19.5 Å². The number of rotatable bonds is 5. The van der Waals surface area contributed by atoms with Gasteiger partial charge in [0.25, 0.3) is 5.91 Å². The number of carbonyl (C=O) groups excluding carboxylic acids is 1. The van der Waals surface area contributed by atoms with E-state index in [1.165, 1.54) is 32.2 Å². The van der Waals surface area contributed by atoms with Crippen molar-refractivity contribution in [2.24, 2.45) is 0 Å². The molecule has 0 aromatic carbocycles. The largest absolute Gasteiger partial charge is 0.479 e. The normalized spacial score (nSPS) is 25.0. The Balaban J connectivity index is 1.68. The molecule has 1 aromatic rings. The van der Waals surface area contributed by atoms with Gasteiger partial charge in [-0.2, -0.15) is 0 Å². The summed E-state index contributed by atoms with van der Waals surface area (Å²) >= 11 is 0. The SMILES string of the molecule is CCCC(C)N1CC2CC(C1)N2C(=O)c1cnc(OC)c(F)c1. The minimum absolute atomic E-state index is 0.0788. The Labute approximate surface area is 136 Å². The maximum Gasteiger partial charge on any atom is 0.256 e. The molecule has 1 amide bonds. The van der Waals surface area contributed by atoms with Crippen LogP contribution in [-0.2, 0) is 0 Å². The van der Waals surface area contributed by atoms with E-state index in [4.69, 9.17) is 4.74 Å². The number of nitrogens with zero attached hydrogens (tertiary/aromatic N) is 3. The van der Waals surface area contributed by atoms with Crippen molar-refractivity contribution in [2.75, 3.05) is 20.2 Å². The highest BCUT2D eigenvalue weighted by atomic mass is 19.1. The van der Waals surface area contributed by atoms with Crippen LogP contribution in [0, 0.1) is 5.82 Å². The molecule has 126 valence electrons. The number of ether oxygens (including phenoxy) is 1. The number of fused-ring (bicyclic) bond motifs is 2. The smallest absolute Gasteiger partial charge is 0.256 e. The predicted octanol–water partition coefficient (Wildman–Crippen LogP) is 2.32. The lowest BCUT2D eigenvalue weighted by atomic mass is 9.85. The highest BCUT2D eigenvalue weighted by molar-refractivity contribution is 5.95. The van der Waals surface area contributed by atoms with Gasteiger partial charge in [0, 0.05) is 37.4 Å². The van der Waals surface area contributed by atoms with Gasteiger partial charge in [-0.05, 0) is 25.8 Å². The van der Waals surface area contributed by atoms with Crippen molar-refractivity contribution in [2.45, 2.75) is 51.2 Å². The van der Waals surface area contributed by atoms with E-state index in [1.54, 1.807) is 0 Å². The number of hydrogen-bond donors (Lipinski definition) is 0. The summed E-state index contributed by atoms with van der Waals surface area (Å²) < 4.78 is 18.6. The summed E-state index contributed by atoms with van der Waals surface area (Å²) in [5.74, 6) is -0.796. The lowest BCUT2D eigenvalue weighted by Gasteiger charge is -2.57. The first kappa shape index (κ1) is 16.2. The molecule has 0 spiro atoms. The average Bonchev–Trinajstić information content (AvgIpc) is 2.55. The van der Waals surface area contributed by atoms with E-state index < -0.39 is 5.82 Å². The van der Waals surface area contributed by atoms with Crippen LogP contribution >= 0.6 is 0 Å². The molecule has 2 bridgehead atoms. The zero-order chi connectivity index (χ0) is 16.6. The van der Waals surface area contributed by atoms with Gasteiger partial charge in [0.05, 0.1) is 12.7 Å². The Kier molecular flexibility index (Phi) is 4.53. The monoisotopic (exact) mass is 321 g/mol. The molecule has 0 aliphatic carbocycles. The van der Waals surface area contributed by atoms with Crippen molar-refractivity contribution in [3.63, 3.8) is 0 Å². The third kappa shape index (κ3) is 2.92. The lowest BCUT2D eigenvalue weighted by Crippen LogP contribution is -2.71. The van der Waals surface area contributed by atoms with Gasteiger partial charge in [0.15, 0.2) is 5.82 Å². The van der Waals surface area contributed by atoms with Gasteiger partial charge in [0.1, 0.15) is 0 Å². The fourth-order valence-electron chi connectivity index (χ4n) is 3.78. The molecular formula is C17H24FN3O2. The molecular weight excluding hydrogens is 297 g/mol. The number of amides is 1. The fraction of sp³-hybridized carbons (Fsp3) is 0.647. The highest BCUT2D eigenvalue weighted by Gasteiger charge is 2.48. The molecule has 1 aromatic heterocycles. The summed E-state index contributed by atoms with van der Waals surface area (Å²) in [7, 11) is 1.36. The third-order valence-corrected chi connectivity index (χ3v) is 5.03. The van der Waals surface area contributed by atoms with Crippen LogP contribution in [0.1, 0.15) is 43.5 Å². The number of aromatic nitrogens is 1. The Morgan fingerprint density at radius 3 is 2.74 bits per heavy atom. The Bertz CT molecular complexity index is 583. The van der Waals surface area contributed by atoms with Crippen molar-refractivity contribution >= 4 is 5.91 Å². The van der Waals surface area contributed by atoms with Gasteiger partial charge < -0.3 is 9.64 Å². The maximum absolute atomic E-state index is 13.8. The minimum atomic E-state index is -0.595. The van der Waals surface area contributed by atoms with Gasteiger partial charge in [-0.1, -0.05) is 13.3 Å². The molecule has 3 saturated heterocycles. The van der Waals surface area contributed by atoms with E-state index in [1.807, 2.05) is 4.90 Å². The van der Waals surface area contributed by atoms with E-state index in [-0.39, 0.29) is 23.9 Å². The molecule has 5 nitrogen and oxygen atoms in total. The molecule has 3 aliphatic heterocycles. The topological polar surface area (TPSA) is 45.7 Å².